The Morgan fingerprint density at radius 1 is 1.28 bits per heavy atom. The zero-order valence-corrected chi connectivity index (χ0v) is 16.3. The first-order valence-electron chi connectivity index (χ1n) is 8.96. The minimum atomic E-state index is 0.0990. The second-order valence-corrected chi connectivity index (χ2v) is 8.24. The van der Waals surface area contributed by atoms with Gasteiger partial charge in [-0.25, -0.2) is 4.98 Å². The van der Waals surface area contributed by atoms with E-state index in [1.165, 1.54) is 16.1 Å². The number of aryl methyl sites for hydroxylation is 1. The van der Waals surface area contributed by atoms with Crippen LogP contribution in [0.25, 0.3) is 0 Å². The van der Waals surface area contributed by atoms with Gasteiger partial charge in [-0.2, -0.15) is 0 Å². The SMILES string of the molecule is CC(C)N(C)CC(=O)N(C)c1nc2c(s1)C[C@@H](c1ccccc1)CC2. The average molecular weight is 358 g/mol. The molecule has 25 heavy (non-hydrogen) atoms. The lowest BCUT2D eigenvalue weighted by Crippen LogP contribution is -2.39. The van der Waals surface area contributed by atoms with Crippen molar-refractivity contribution in [1.82, 2.24) is 9.88 Å². The summed E-state index contributed by atoms with van der Waals surface area (Å²) in [7, 11) is 3.82. The van der Waals surface area contributed by atoms with Crippen LogP contribution in [-0.2, 0) is 17.6 Å². The number of anilines is 1. The first-order chi connectivity index (χ1) is 12.0. The van der Waals surface area contributed by atoms with E-state index in [2.05, 4.69) is 49.1 Å². The third-order valence-electron chi connectivity index (χ3n) is 5.13. The number of benzene rings is 1. The van der Waals surface area contributed by atoms with Crippen LogP contribution >= 0.6 is 11.3 Å². The minimum Gasteiger partial charge on any atom is -0.295 e. The highest BCUT2D eigenvalue weighted by Crippen LogP contribution is 2.37. The van der Waals surface area contributed by atoms with Gasteiger partial charge in [0.25, 0.3) is 0 Å². The molecule has 0 saturated heterocycles. The van der Waals surface area contributed by atoms with Crippen LogP contribution in [0.5, 0.6) is 0 Å². The highest BCUT2D eigenvalue weighted by molar-refractivity contribution is 7.16. The molecule has 1 amide bonds. The maximum Gasteiger partial charge on any atom is 0.242 e. The number of likely N-dealkylation sites (N-methyl/N-ethyl adjacent to an activating group) is 2. The molecule has 1 aromatic carbocycles. The van der Waals surface area contributed by atoms with Crippen LogP contribution in [0.3, 0.4) is 0 Å². The van der Waals surface area contributed by atoms with Gasteiger partial charge in [-0.1, -0.05) is 30.3 Å². The summed E-state index contributed by atoms with van der Waals surface area (Å²) in [4.78, 5) is 22.4. The van der Waals surface area contributed by atoms with Crippen LogP contribution in [0, 0.1) is 0 Å². The van der Waals surface area contributed by atoms with Gasteiger partial charge < -0.3 is 0 Å². The van der Waals surface area contributed by atoms with Gasteiger partial charge in [-0.15, -0.1) is 11.3 Å². The molecule has 1 heterocycles. The van der Waals surface area contributed by atoms with Gasteiger partial charge in [0.05, 0.1) is 12.2 Å². The first kappa shape index (κ1) is 18.1. The van der Waals surface area contributed by atoms with Crippen molar-refractivity contribution in [3.63, 3.8) is 0 Å². The van der Waals surface area contributed by atoms with Crippen LogP contribution < -0.4 is 4.90 Å². The number of carbonyl (C=O) groups is 1. The molecule has 0 spiro atoms. The number of carbonyl (C=O) groups excluding carboxylic acids is 1. The maximum absolute atomic E-state index is 12.5. The van der Waals surface area contributed by atoms with E-state index in [0.29, 0.717) is 18.5 Å². The Labute approximate surface area is 154 Å². The Morgan fingerprint density at radius 2 is 2.00 bits per heavy atom. The van der Waals surface area contributed by atoms with Crippen molar-refractivity contribution in [2.45, 2.75) is 45.1 Å². The summed E-state index contributed by atoms with van der Waals surface area (Å²) < 4.78 is 0. The van der Waals surface area contributed by atoms with E-state index in [1.54, 1.807) is 16.2 Å². The van der Waals surface area contributed by atoms with Gasteiger partial charge in [0.1, 0.15) is 0 Å². The minimum absolute atomic E-state index is 0.0990. The molecule has 0 N–H and O–H groups in total. The van der Waals surface area contributed by atoms with Crippen molar-refractivity contribution < 1.29 is 4.79 Å². The summed E-state index contributed by atoms with van der Waals surface area (Å²) in [5, 5.41) is 0.834. The fraction of sp³-hybridized carbons (Fsp3) is 0.500. The Kier molecular flexibility index (Phi) is 5.54. The van der Waals surface area contributed by atoms with Crippen molar-refractivity contribution in [1.29, 1.82) is 0 Å². The largest absolute Gasteiger partial charge is 0.295 e. The van der Waals surface area contributed by atoms with E-state index in [1.807, 2.05) is 14.1 Å². The number of amides is 1. The monoisotopic (exact) mass is 357 g/mol. The molecule has 1 atom stereocenters. The first-order valence-corrected chi connectivity index (χ1v) is 9.77. The Bertz CT molecular complexity index is 726. The molecule has 0 bridgehead atoms. The highest BCUT2D eigenvalue weighted by atomic mass is 32.1. The molecular weight excluding hydrogens is 330 g/mol. The molecule has 134 valence electrons. The third-order valence-corrected chi connectivity index (χ3v) is 6.32. The number of hydrogen-bond acceptors (Lipinski definition) is 4. The smallest absolute Gasteiger partial charge is 0.242 e. The van der Waals surface area contributed by atoms with Gasteiger partial charge in [-0.05, 0) is 51.6 Å². The molecule has 1 aliphatic rings. The molecule has 0 radical (unpaired) electrons. The molecule has 5 heteroatoms. The topological polar surface area (TPSA) is 36.4 Å². The molecule has 0 aliphatic heterocycles. The number of rotatable bonds is 5. The van der Waals surface area contributed by atoms with E-state index >= 15 is 0 Å². The molecule has 0 fully saturated rings. The Balaban J connectivity index is 1.71. The van der Waals surface area contributed by atoms with Crippen molar-refractivity contribution in [2.24, 2.45) is 0 Å². The van der Waals surface area contributed by atoms with Crippen LogP contribution in [-0.4, -0.2) is 42.5 Å². The van der Waals surface area contributed by atoms with Gasteiger partial charge >= 0.3 is 0 Å². The molecule has 3 rings (SSSR count). The fourth-order valence-corrected chi connectivity index (χ4v) is 4.29. The zero-order chi connectivity index (χ0) is 18.0. The number of fused-ring (bicyclic) bond motifs is 1. The number of thiazole rings is 1. The number of aromatic nitrogens is 1. The third kappa shape index (κ3) is 4.10. The van der Waals surface area contributed by atoms with Gasteiger partial charge in [0.15, 0.2) is 5.13 Å². The lowest BCUT2D eigenvalue weighted by Gasteiger charge is -2.23. The average Bonchev–Trinajstić information content (AvgIpc) is 3.04. The fourth-order valence-electron chi connectivity index (χ4n) is 3.12. The van der Waals surface area contributed by atoms with E-state index in [9.17, 15) is 4.79 Å². The Morgan fingerprint density at radius 3 is 2.68 bits per heavy atom. The Hall–Kier alpha value is -1.72. The standard InChI is InChI=1S/C20H27N3OS/c1-14(2)22(3)13-19(24)23(4)20-21-17-11-10-16(12-18(17)25-20)15-8-6-5-7-9-15/h5-9,14,16H,10-13H2,1-4H3/t16-/m0/s1. The summed E-state index contributed by atoms with van der Waals surface area (Å²) >= 11 is 1.68. The molecule has 4 nitrogen and oxygen atoms in total. The lowest BCUT2D eigenvalue weighted by molar-refractivity contribution is -0.119. The van der Waals surface area contributed by atoms with Gasteiger partial charge in [-0.3, -0.25) is 14.6 Å². The van der Waals surface area contributed by atoms with Crippen molar-refractivity contribution in [3.05, 3.63) is 46.5 Å². The van der Waals surface area contributed by atoms with Gasteiger partial charge in [0.2, 0.25) is 5.91 Å². The van der Waals surface area contributed by atoms with Crippen molar-refractivity contribution in [2.75, 3.05) is 25.5 Å². The van der Waals surface area contributed by atoms with Crippen molar-refractivity contribution >= 4 is 22.4 Å². The highest BCUT2D eigenvalue weighted by Gasteiger charge is 2.26. The number of hydrogen-bond donors (Lipinski definition) is 0. The second kappa shape index (κ2) is 7.67. The van der Waals surface area contributed by atoms with E-state index < -0.39 is 0 Å². The lowest BCUT2D eigenvalue weighted by atomic mass is 9.85. The van der Waals surface area contributed by atoms with Crippen LogP contribution in [0.1, 0.15) is 42.3 Å². The normalized spacial score (nSPS) is 17.0. The summed E-state index contributed by atoms with van der Waals surface area (Å²) in [6.45, 7) is 4.61. The van der Waals surface area contributed by atoms with E-state index in [0.717, 1.165) is 24.4 Å². The van der Waals surface area contributed by atoms with Crippen LogP contribution in [0.4, 0.5) is 5.13 Å². The second-order valence-electron chi connectivity index (χ2n) is 7.18. The summed E-state index contributed by atoms with van der Waals surface area (Å²) in [6.07, 6.45) is 3.16. The summed E-state index contributed by atoms with van der Waals surface area (Å²) in [6, 6.07) is 11.1. The summed E-state index contributed by atoms with van der Waals surface area (Å²) in [5.74, 6) is 0.664. The maximum atomic E-state index is 12.5. The van der Waals surface area contributed by atoms with E-state index in [-0.39, 0.29) is 5.91 Å². The quantitative estimate of drug-likeness (QED) is 0.818. The number of nitrogens with zero attached hydrogens (tertiary/aromatic N) is 3. The van der Waals surface area contributed by atoms with Crippen LogP contribution in [0.2, 0.25) is 0 Å². The zero-order valence-electron chi connectivity index (χ0n) is 15.5. The van der Waals surface area contributed by atoms with Gasteiger partial charge in [0, 0.05) is 18.0 Å². The van der Waals surface area contributed by atoms with Crippen molar-refractivity contribution in [3.8, 4) is 0 Å². The molecule has 2 aromatic rings. The predicted molar refractivity (Wildman–Crippen MR) is 104 cm³/mol. The molecule has 1 aromatic heterocycles. The van der Waals surface area contributed by atoms with Crippen LogP contribution in [0.15, 0.2) is 30.3 Å². The van der Waals surface area contributed by atoms with E-state index in [4.69, 9.17) is 4.98 Å². The molecular formula is C20H27N3OS. The molecule has 1 aliphatic carbocycles. The molecule has 0 unspecified atom stereocenters. The predicted octanol–water partition coefficient (Wildman–Crippen LogP) is 3.72. The summed E-state index contributed by atoms with van der Waals surface area (Å²) in [5.41, 5.74) is 2.59. The molecule has 0 saturated carbocycles.